The number of carbonyl (C=O) groups excluding carboxylic acids is 2. The van der Waals surface area contributed by atoms with Crippen LogP contribution in [0.1, 0.15) is 45.8 Å². The van der Waals surface area contributed by atoms with Crippen LogP contribution in [0.2, 0.25) is 0 Å². The maximum Gasteiger partial charge on any atom is 0.170 e. The summed E-state index contributed by atoms with van der Waals surface area (Å²) in [5.74, 6) is -0.862. The number of hydrogen-bond donors (Lipinski definition) is 0. The van der Waals surface area contributed by atoms with Gasteiger partial charge in [0.05, 0.1) is 0 Å². The lowest BCUT2D eigenvalue weighted by Gasteiger charge is -2.19. The number of carboxylic acids is 1. The van der Waals surface area contributed by atoms with E-state index in [-0.39, 0.29) is 18.6 Å². The molecule has 0 saturated carbocycles. The van der Waals surface area contributed by atoms with E-state index < -0.39 is 11.9 Å². The van der Waals surface area contributed by atoms with Gasteiger partial charge < -0.3 is 9.90 Å². The summed E-state index contributed by atoms with van der Waals surface area (Å²) in [6, 6.07) is 25.4. The van der Waals surface area contributed by atoms with Gasteiger partial charge in [-0.25, -0.2) is 0 Å². The van der Waals surface area contributed by atoms with Crippen molar-refractivity contribution < 1.29 is 14.7 Å². The summed E-state index contributed by atoms with van der Waals surface area (Å²) >= 11 is 1.68. The molecule has 3 aromatic rings. The number of benzene rings is 3. The van der Waals surface area contributed by atoms with Crippen molar-refractivity contribution in [1.82, 2.24) is 0 Å². The summed E-state index contributed by atoms with van der Waals surface area (Å²) in [5, 5.41) is 11.0. The van der Waals surface area contributed by atoms with Gasteiger partial charge in [0.1, 0.15) is 0 Å². The summed E-state index contributed by atoms with van der Waals surface area (Å²) in [7, 11) is 0. The van der Waals surface area contributed by atoms with Gasteiger partial charge in [0.15, 0.2) is 5.78 Å². The van der Waals surface area contributed by atoms with Gasteiger partial charge in [-0.3, -0.25) is 4.79 Å². The van der Waals surface area contributed by atoms with E-state index in [0.717, 1.165) is 21.8 Å². The minimum atomic E-state index is -1.14. The normalized spacial score (nSPS) is 11.8. The lowest BCUT2D eigenvalue weighted by atomic mass is 9.85. The molecule has 0 fully saturated rings. The maximum atomic E-state index is 13.3. The first kappa shape index (κ1) is 20.9. The number of carbonyl (C=O) groups is 2. The molecule has 0 N–H and O–H groups in total. The Labute approximate surface area is 175 Å². The average molecular weight is 404 g/mol. The number of aryl methyl sites for hydroxylation is 1. The van der Waals surface area contributed by atoms with Crippen molar-refractivity contribution in [3.8, 4) is 0 Å². The molecule has 3 aromatic carbocycles. The van der Waals surface area contributed by atoms with Crippen molar-refractivity contribution in [2.75, 3.05) is 0 Å². The van der Waals surface area contributed by atoms with Crippen molar-refractivity contribution in [3.05, 3.63) is 101 Å². The second kappa shape index (κ2) is 10.1. The SMILES string of the molecule is Cc1ccccc1C(CCC(=O)[O-])C(=O)c1cccc(SCc2ccccc2)c1. The quantitative estimate of drug-likeness (QED) is 0.381. The molecule has 0 heterocycles. The molecule has 0 aliphatic heterocycles. The van der Waals surface area contributed by atoms with Crippen LogP contribution in [0, 0.1) is 6.92 Å². The van der Waals surface area contributed by atoms with Gasteiger partial charge in [-0.05, 0) is 48.6 Å². The third-order valence-corrected chi connectivity index (χ3v) is 5.95. The van der Waals surface area contributed by atoms with Crippen LogP contribution >= 0.6 is 11.8 Å². The van der Waals surface area contributed by atoms with Crippen LogP contribution < -0.4 is 5.11 Å². The number of carboxylic acid groups (broad SMARTS) is 1. The Balaban J connectivity index is 1.81. The van der Waals surface area contributed by atoms with Gasteiger partial charge in [-0.15, -0.1) is 11.8 Å². The Hall–Kier alpha value is -2.85. The van der Waals surface area contributed by atoms with Crippen molar-refractivity contribution in [3.63, 3.8) is 0 Å². The highest BCUT2D eigenvalue weighted by atomic mass is 32.2. The van der Waals surface area contributed by atoms with E-state index in [9.17, 15) is 14.7 Å². The standard InChI is InChI=1S/C25H24O3S/c1-18-8-5-6-13-22(18)23(14-15-24(26)27)25(28)20-11-7-12-21(16-20)29-17-19-9-3-2-4-10-19/h2-13,16,23H,14-15,17H2,1H3,(H,26,27)/p-1. The highest BCUT2D eigenvalue weighted by Crippen LogP contribution is 2.30. The maximum absolute atomic E-state index is 13.3. The molecule has 0 bridgehead atoms. The number of aliphatic carboxylic acids is 1. The fourth-order valence-electron chi connectivity index (χ4n) is 3.35. The molecule has 0 spiro atoms. The third-order valence-electron chi connectivity index (χ3n) is 4.88. The van der Waals surface area contributed by atoms with E-state index in [0.29, 0.717) is 5.56 Å². The number of thioether (sulfide) groups is 1. The highest BCUT2D eigenvalue weighted by molar-refractivity contribution is 7.98. The Bertz CT molecular complexity index is 982. The van der Waals surface area contributed by atoms with Crippen LogP contribution in [0.3, 0.4) is 0 Å². The Kier molecular flexibility index (Phi) is 7.25. The lowest BCUT2D eigenvalue weighted by molar-refractivity contribution is -0.305. The molecule has 0 aliphatic carbocycles. The molecule has 148 valence electrons. The molecule has 0 aliphatic rings. The molecule has 0 aromatic heterocycles. The zero-order valence-electron chi connectivity index (χ0n) is 16.3. The van der Waals surface area contributed by atoms with E-state index in [1.165, 1.54) is 5.56 Å². The van der Waals surface area contributed by atoms with Gasteiger partial charge in [0, 0.05) is 28.1 Å². The van der Waals surface area contributed by atoms with Crippen molar-refractivity contribution in [2.45, 2.75) is 36.3 Å². The van der Waals surface area contributed by atoms with Gasteiger partial charge in [-0.1, -0.05) is 66.7 Å². The van der Waals surface area contributed by atoms with E-state index >= 15 is 0 Å². The smallest absolute Gasteiger partial charge is 0.170 e. The van der Waals surface area contributed by atoms with Crippen LogP contribution in [0.4, 0.5) is 0 Å². The zero-order chi connectivity index (χ0) is 20.6. The van der Waals surface area contributed by atoms with Crippen molar-refractivity contribution in [2.24, 2.45) is 0 Å². The van der Waals surface area contributed by atoms with Crippen molar-refractivity contribution in [1.29, 1.82) is 0 Å². The Morgan fingerprint density at radius 2 is 1.66 bits per heavy atom. The first-order chi connectivity index (χ1) is 14.0. The number of hydrogen-bond acceptors (Lipinski definition) is 4. The summed E-state index contributed by atoms with van der Waals surface area (Å²) in [4.78, 5) is 25.4. The minimum absolute atomic E-state index is 0.0530. The highest BCUT2D eigenvalue weighted by Gasteiger charge is 2.23. The van der Waals surface area contributed by atoms with Crippen LogP contribution in [0.25, 0.3) is 0 Å². The van der Waals surface area contributed by atoms with Crippen LogP contribution in [-0.4, -0.2) is 11.8 Å². The van der Waals surface area contributed by atoms with Gasteiger partial charge in [-0.2, -0.15) is 0 Å². The van der Waals surface area contributed by atoms with Crippen molar-refractivity contribution >= 4 is 23.5 Å². The van der Waals surface area contributed by atoms with E-state index in [1.54, 1.807) is 17.8 Å². The second-order valence-electron chi connectivity index (χ2n) is 6.99. The molecule has 1 unspecified atom stereocenters. The predicted molar refractivity (Wildman–Crippen MR) is 115 cm³/mol. The zero-order valence-corrected chi connectivity index (χ0v) is 17.2. The molecule has 0 amide bonds. The summed E-state index contributed by atoms with van der Waals surface area (Å²) < 4.78 is 0. The van der Waals surface area contributed by atoms with Gasteiger partial charge in [0.2, 0.25) is 0 Å². The predicted octanol–water partition coefficient (Wildman–Crippen LogP) is 4.78. The molecule has 0 radical (unpaired) electrons. The lowest BCUT2D eigenvalue weighted by Crippen LogP contribution is -2.24. The number of ketones is 1. The molecular weight excluding hydrogens is 380 g/mol. The van der Waals surface area contributed by atoms with Gasteiger partial charge >= 0.3 is 0 Å². The molecule has 3 rings (SSSR count). The van der Waals surface area contributed by atoms with Crippen LogP contribution in [0.15, 0.2) is 83.8 Å². The average Bonchev–Trinajstić information content (AvgIpc) is 2.74. The summed E-state index contributed by atoms with van der Waals surface area (Å²) in [5.41, 5.74) is 3.69. The van der Waals surface area contributed by atoms with E-state index in [4.69, 9.17) is 0 Å². The first-order valence-electron chi connectivity index (χ1n) is 9.61. The molecule has 29 heavy (non-hydrogen) atoms. The Morgan fingerprint density at radius 1 is 0.931 bits per heavy atom. The molecule has 3 nitrogen and oxygen atoms in total. The summed E-state index contributed by atoms with van der Waals surface area (Å²) in [6.45, 7) is 1.95. The number of rotatable bonds is 9. The topological polar surface area (TPSA) is 57.2 Å². The monoisotopic (exact) mass is 403 g/mol. The fraction of sp³-hybridized carbons (Fsp3) is 0.200. The third kappa shape index (κ3) is 5.81. The Morgan fingerprint density at radius 3 is 2.38 bits per heavy atom. The van der Waals surface area contributed by atoms with E-state index in [1.807, 2.05) is 67.6 Å². The summed E-state index contributed by atoms with van der Waals surface area (Å²) in [6.07, 6.45) is 0.0839. The molecule has 1 atom stereocenters. The molecular formula is C25H23O3S-. The van der Waals surface area contributed by atoms with Crippen LogP contribution in [0.5, 0.6) is 0 Å². The molecule has 4 heteroatoms. The minimum Gasteiger partial charge on any atom is -0.550 e. The van der Waals surface area contributed by atoms with E-state index in [2.05, 4.69) is 12.1 Å². The number of Topliss-reactive ketones (excluding diaryl/α,β-unsaturated/α-hetero) is 1. The second-order valence-corrected chi connectivity index (χ2v) is 8.03. The van der Waals surface area contributed by atoms with Crippen LogP contribution in [-0.2, 0) is 10.5 Å². The van der Waals surface area contributed by atoms with Gasteiger partial charge in [0.25, 0.3) is 0 Å². The fourth-order valence-corrected chi connectivity index (χ4v) is 4.26. The molecule has 0 saturated heterocycles. The first-order valence-corrected chi connectivity index (χ1v) is 10.6. The largest absolute Gasteiger partial charge is 0.550 e.